The second-order valence-corrected chi connectivity index (χ2v) is 4.18. The minimum absolute atomic E-state index is 0.421. The molecule has 1 heterocycles. The van der Waals surface area contributed by atoms with E-state index in [0.717, 1.165) is 12.8 Å². The van der Waals surface area contributed by atoms with E-state index in [9.17, 15) is 0 Å². The smallest absolute Gasteiger partial charge is 0.242 e. The Morgan fingerprint density at radius 1 is 1.56 bits per heavy atom. The highest BCUT2D eigenvalue weighted by Gasteiger charge is 2.31. The van der Waals surface area contributed by atoms with Crippen LogP contribution in [0.5, 0.6) is 5.88 Å². The molecular weight excluding hydrogens is 230 g/mol. The summed E-state index contributed by atoms with van der Waals surface area (Å²) in [6.45, 7) is 3.05. The predicted molar refractivity (Wildman–Crippen MR) is 68.2 cm³/mol. The highest BCUT2D eigenvalue weighted by Crippen LogP contribution is 2.36. The average Bonchev–Trinajstić information content (AvgIpc) is 3.19. The van der Waals surface area contributed by atoms with E-state index in [-0.39, 0.29) is 0 Å². The summed E-state index contributed by atoms with van der Waals surface area (Å²) in [6.07, 6.45) is 4.17. The maximum Gasteiger partial charge on any atom is 0.242 e. The van der Waals surface area contributed by atoms with Crippen LogP contribution in [-0.4, -0.2) is 29.2 Å². The molecule has 1 aliphatic rings. The van der Waals surface area contributed by atoms with Gasteiger partial charge in [-0.15, -0.1) is 0 Å². The van der Waals surface area contributed by atoms with Crippen molar-refractivity contribution in [1.82, 2.24) is 9.97 Å². The van der Waals surface area contributed by atoms with Crippen LogP contribution in [0.25, 0.3) is 0 Å². The predicted octanol–water partition coefficient (Wildman–Crippen LogP) is 1.34. The second kappa shape index (κ2) is 5.54. The zero-order valence-corrected chi connectivity index (χ0v) is 10.5. The fourth-order valence-corrected chi connectivity index (χ4v) is 1.87. The molecule has 0 amide bonds. The molecule has 0 radical (unpaired) electrons. The monoisotopic (exact) mass is 247 g/mol. The van der Waals surface area contributed by atoms with Crippen molar-refractivity contribution in [2.75, 3.05) is 23.8 Å². The molecule has 18 heavy (non-hydrogen) atoms. The summed E-state index contributed by atoms with van der Waals surface area (Å²) < 4.78 is 5.36. The van der Waals surface area contributed by atoms with Gasteiger partial charge in [0.25, 0.3) is 0 Å². The first-order chi connectivity index (χ1) is 8.77. The number of nitriles is 1. The van der Waals surface area contributed by atoms with Crippen molar-refractivity contribution in [1.29, 1.82) is 5.26 Å². The first-order valence-corrected chi connectivity index (χ1v) is 6.14. The van der Waals surface area contributed by atoms with Crippen molar-refractivity contribution in [3.8, 4) is 11.9 Å². The molecule has 0 unspecified atom stereocenters. The van der Waals surface area contributed by atoms with E-state index in [0.29, 0.717) is 43.0 Å². The number of rotatable bonds is 6. The third-order valence-electron chi connectivity index (χ3n) is 2.83. The van der Waals surface area contributed by atoms with E-state index in [1.54, 1.807) is 0 Å². The molecule has 0 bridgehead atoms. The van der Waals surface area contributed by atoms with Gasteiger partial charge in [-0.2, -0.15) is 10.2 Å². The number of ether oxygens (including phenoxy) is 1. The molecule has 1 aromatic rings. The van der Waals surface area contributed by atoms with Gasteiger partial charge in [-0.05, 0) is 19.8 Å². The van der Waals surface area contributed by atoms with Gasteiger partial charge in [0.2, 0.25) is 5.88 Å². The Balaban J connectivity index is 2.23. The van der Waals surface area contributed by atoms with Gasteiger partial charge in [-0.1, -0.05) is 0 Å². The minimum atomic E-state index is 0.421. The minimum Gasteiger partial charge on any atom is -0.476 e. The third-order valence-corrected chi connectivity index (χ3v) is 2.83. The molecule has 0 atom stereocenters. The molecule has 0 aromatic carbocycles. The lowest BCUT2D eigenvalue weighted by Gasteiger charge is -2.24. The molecule has 2 rings (SSSR count). The quantitative estimate of drug-likeness (QED) is 0.816. The van der Waals surface area contributed by atoms with Crippen molar-refractivity contribution >= 4 is 11.5 Å². The molecule has 0 aliphatic heterocycles. The van der Waals surface area contributed by atoms with Crippen molar-refractivity contribution in [3.05, 3.63) is 6.33 Å². The van der Waals surface area contributed by atoms with E-state index in [2.05, 4.69) is 20.9 Å². The van der Waals surface area contributed by atoms with Crippen LogP contribution in [0.4, 0.5) is 11.5 Å². The third kappa shape index (κ3) is 2.62. The van der Waals surface area contributed by atoms with Gasteiger partial charge < -0.3 is 15.4 Å². The van der Waals surface area contributed by atoms with Crippen molar-refractivity contribution in [2.24, 2.45) is 0 Å². The number of anilines is 2. The SMILES string of the molecule is CCOc1ncnc(N(CCC#N)C2CC2)c1N. The van der Waals surface area contributed by atoms with Crippen molar-refractivity contribution < 1.29 is 4.74 Å². The van der Waals surface area contributed by atoms with Gasteiger partial charge >= 0.3 is 0 Å². The highest BCUT2D eigenvalue weighted by molar-refractivity contribution is 5.68. The normalized spacial score (nSPS) is 14.0. The van der Waals surface area contributed by atoms with E-state index in [1.165, 1.54) is 6.33 Å². The Bertz CT molecular complexity index is 452. The van der Waals surface area contributed by atoms with Gasteiger partial charge in [0, 0.05) is 12.6 Å². The topological polar surface area (TPSA) is 88.1 Å². The van der Waals surface area contributed by atoms with Crippen LogP contribution >= 0.6 is 0 Å². The van der Waals surface area contributed by atoms with Gasteiger partial charge in [-0.3, -0.25) is 0 Å². The average molecular weight is 247 g/mol. The Labute approximate surface area is 106 Å². The van der Waals surface area contributed by atoms with E-state index < -0.39 is 0 Å². The first kappa shape index (κ1) is 12.4. The number of nitrogens with two attached hydrogens (primary N) is 1. The summed E-state index contributed by atoms with van der Waals surface area (Å²) in [7, 11) is 0. The molecule has 2 N–H and O–H groups in total. The number of nitrogens with zero attached hydrogens (tertiary/aromatic N) is 4. The molecular formula is C12H17N5O. The van der Waals surface area contributed by atoms with Gasteiger partial charge in [0.05, 0.1) is 19.1 Å². The van der Waals surface area contributed by atoms with Crippen LogP contribution in [0.15, 0.2) is 6.33 Å². The summed E-state index contributed by atoms with van der Waals surface area (Å²) in [5, 5.41) is 8.71. The number of aromatic nitrogens is 2. The molecule has 1 aliphatic carbocycles. The zero-order valence-electron chi connectivity index (χ0n) is 10.5. The van der Waals surface area contributed by atoms with Crippen LogP contribution in [0.3, 0.4) is 0 Å². The van der Waals surface area contributed by atoms with Crippen molar-refractivity contribution in [2.45, 2.75) is 32.2 Å². The number of hydrogen-bond acceptors (Lipinski definition) is 6. The molecule has 0 spiro atoms. The number of nitrogen functional groups attached to an aromatic ring is 1. The molecule has 1 aromatic heterocycles. The first-order valence-electron chi connectivity index (χ1n) is 6.14. The Morgan fingerprint density at radius 2 is 2.33 bits per heavy atom. The summed E-state index contributed by atoms with van der Waals surface area (Å²) >= 11 is 0. The standard InChI is InChI=1S/C12H17N5O/c1-2-18-12-10(14)11(15-8-16-12)17(7-3-6-13)9-4-5-9/h8-9H,2-5,7,14H2,1H3. The lowest BCUT2D eigenvalue weighted by atomic mass is 10.3. The lowest BCUT2D eigenvalue weighted by molar-refractivity contribution is 0.328. The molecule has 6 heteroatoms. The van der Waals surface area contributed by atoms with Crippen LogP contribution < -0.4 is 15.4 Å². The fraction of sp³-hybridized carbons (Fsp3) is 0.583. The molecule has 0 saturated heterocycles. The Hall–Kier alpha value is -2.03. The van der Waals surface area contributed by atoms with Crippen LogP contribution in [0.1, 0.15) is 26.2 Å². The fourth-order valence-electron chi connectivity index (χ4n) is 1.87. The summed E-state index contributed by atoms with van der Waals surface area (Å²) in [4.78, 5) is 10.3. The van der Waals surface area contributed by atoms with Crippen LogP contribution in [0, 0.1) is 11.3 Å². The number of hydrogen-bond donors (Lipinski definition) is 1. The van der Waals surface area contributed by atoms with Gasteiger partial charge in [0.15, 0.2) is 5.82 Å². The summed E-state index contributed by atoms with van der Waals surface area (Å²) in [6, 6.07) is 2.60. The zero-order chi connectivity index (χ0) is 13.0. The van der Waals surface area contributed by atoms with Crippen LogP contribution in [0.2, 0.25) is 0 Å². The summed E-state index contributed by atoms with van der Waals surface area (Å²) in [5.41, 5.74) is 6.50. The molecule has 6 nitrogen and oxygen atoms in total. The van der Waals surface area contributed by atoms with Gasteiger partial charge in [0.1, 0.15) is 12.0 Å². The second-order valence-electron chi connectivity index (χ2n) is 4.18. The lowest BCUT2D eigenvalue weighted by Crippen LogP contribution is -2.28. The van der Waals surface area contributed by atoms with E-state index >= 15 is 0 Å². The van der Waals surface area contributed by atoms with Crippen LogP contribution in [-0.2, 0) is 0 Å². The highest BCUT2D eigenvalue weighted by atomic mass is 16.5. The van der Waals surface area contributed by atoms with Crippen molar-refractivity contribution in [3.63, 3.8) is 0 Å². The Kier molecular flexibility index (Phi) is 3.82. The molecule has 96 valence electrons. The van der Waals surface area contributed by atoms with E-state index in [4.69, 9.17) is 15.7 Å². The maximum absolute atomic E-state index is 8.71. The molecule has 1 saturated carbocycles. The maximum atomic E-state index is 8.71. The Morgan fingerprint density at radius 3 is 2.94 bits per heavy atom. The van der Waals surface area contributed by atoms with E-state index in [1.807, 2.05) is 6.92 Å². The molecule has 1 fully saturated rings. The summed E-state index contributed by atoms with van der Waals surface area (Å²) in [5.74, 6) is 1.11. The van der Waals surface area contributed by atoms with Gasteiger partial charge in [-0.25, -0.2) is 4.98 Å². The largest absolute Gasteiger partial charge is 0.476 e.